The molecule has 1 aromatic heterocycles. The van der Waals surface area contributed by atoms with E-state index in [1.54, 1.807) is 55.7 Å². The van der Waals surface area contributed by atoms with Crippen LogP contribution in [0, 0.1) is 0 Å². The number of benzene rings is 1. The van der Waals surface area contributed by atoms with E-state index < -0.39 is 0 Å². The number of amides is 1. The fourth-order valence-corrected chi connectivity index (χ4v) is 3.25. The quantitative estimate of drug-likeness (QED) is 0.657. The zero-order chi connectivity index (χ0) is 20.1. The van der Waals surface area contributed by atoms with E-state index in [0.29, 0.717) is 47.8 Å². The zero-order valence-electron chi connectivity index (χ0n) is 15.7. The van der Waals surface area contributed by atoms with Crippen molar-refractivity contribution < 1.29 is 19.0 Å². The summed E-state index contributed by atoms with van der Waals surface area (Å²) < 4.78 is 18.0. The van der Waals surface area contributed by atoms with Gasteiger partial charge in [-0.25, -0.2) is 0 Å². The largest absolute Gasteiger partial charge is 0.493 e. The Hall–Kier alpha value is -2.58. The van der Waals surface area contributed by atoms with Crippen LogP contribution in [0.1, 0.15) is 5.56 Å². The summed E-state index contributed by atoms with van der Waals surface area (Å²) in [5, 5.41) is 0. The third-order valence-corrected chi connectivity index (χ3v) is 4.83. The van der Waals surface area contributed by atoms with Crippen LogP contribution >= 0.6 is 15.9 Å². The molecule has 1 amide bonds. The molecule has 2 aromatic rings. The predicted octanol–water partition coefficient (Wildman–Crippen LogP) is 2.48. The molecule has 1 aliphatic heterocycles. The summed E-state index contributed by atoms with van der Waals surface area (Å²) in [6, 6.07) is 8.38. The molecule has 148 valence electrons. The fraction of sp³-hybridized carbons (Fsp3) is 0.300. The van der Waals surface area contributed by atoms with E-state index in [1.165, 1.54) is 10.6 Å². The lowest BCUT2D eigenvalue weighted by Gasteiger charge is -2.28. The van der Waals surface area contributed by atoms with Crippen molar-refractivity contribution in [3.05, 3.63) is 56.9 Å². The Balaban J connectivity index is 2.10. The summed E-state index contributed by atoms with van der Waals surface area (Å²) in [6.45, 7) is 1.90. The standard InChI is InChI=1S/C20H21BrN2O5/c1-26-17-5-3-14(12-18(17)27-2)11-16(20(25)22-7-9-28-10-8-22)23-13-15(21)4-6-19(23)24/h3-6,11-13H,7-10H2,1-2H3/b16-11-. The first-order chi connectivity index (χ1) is 13.5. The molecule has 1 aliphatic rings. The van der Waals surface area contributed by atoms with Crippen LogP contribution in [0.2, 0.25) is 0 Å². The molecule has 0 radical (unpaired) electrons. The summed E-state index contributed by atoms with van der Waals surface area (Å²) >= 11 is 3.37. The number of methoxy groups -OCH3 is 2. The highest BCUT2D eigenvalue weighted by molar-refractivity contribution is 9.10. The second kappa shape index (κ2) is 9.07. The predicted molar refractivity (Wildman–Crippen MR) is 110 cm³/mol. The summed E-state index contributed by atoms with van der Waals surface area (Å²) in [4.78, 5) is 27.4. The Bertz CT molecular complexity index is 948. The smallest absolute Gasteiger partial charge is 0.271 e. The zero-order valence-corrected chi connectivity index (χ0v) is 17.3. The van der Waals surface area contributed by atoms with Gasteiger partial charge in [0.2, 0.25) is 0 Å². The SMILES string of the molecule is COc1ccc(/C=C(/C(=O)N2CCOCC2)n2cc(Br)ccc2=O)cc1OC. The maximum atomic E-state index is 13.2. The van der Waals surface area contributed by atoms with Crippen LogP contribution in [-0.4, -0.2) is 55.9 Å². The van der Waals surface area contributed by atoms with Crippen molar-refractivity contribution in [1.82, 2.24) is 9.47 Å². The Morgan fingerprint density at radius 1 is 1.11 bits per heavy atom. The number of morpholine rings is 1. The van der Waals surface area contributed by atoms with Gasteiger partial charge in [0.05, 0.1) is 27.4 Å². The number of halogens is 1. The van der Waals surface area contributed by atoms with Crippen LogP contribution < -0.4 is 15.0 Å². The molecule has 28 heavy (non-hydrogen) atoms. The molecule has 1 aromatic carbocycles. The van der Waals surface area contributed by atoms with Crippen LogP contribution in [0.25, 0.3) is 11.8 Å². The highest BCUT2D eigenvalue weighted by Gasteiger charge is 2.23. The Morgan fingerprint density at radius 3 is 2.50 bits per heavy atom. The molecule has 0 saturated carbocycles. The van der Waals surface area contributed by atoms with E-state index in [2.05, 4.69) is 15.9 Å². The molecule has 8 heteroatoms. The van der Waals surface area contributed by atoms with Gasteiger partial charge in [-0.2, -0.15) is 0 Å². The maximum Gasteiger partial charge on any atom is 0.271 e. The lowest BCUT2D eigenvalue weighted by Crippen LogP contribution is -2.42. The highest BCUT2D eigenvalue weighted by Crippen LogP contribution is 2.29. The van der Waals surface area contributed by atoms with Crippen molar-refractivity contribution in [2.24, 2.45) is 0 Å². The first kappa shape index (κ1) is 20.2. The fourth-order valence-electron chi connectivity index (χ4n) is 2.91. The molecule has 3 rings (SSSR count). The molecule has 1 saturated heterocycles. The molecule has 0 unspecified atom stereocenters. The number of nitrogens with zero attached hydrogens (tertiary/aromatic N) is 2. The van der Waals surface area contributed by atoms with Gasteiger partial charge in [0.15, 0.2) is 11.5 Å². The summed E-state index contributed by atoms with van der Waals surface area (Å²) in [5.74, 6) is 0.884. The van der Waals surface area contributed by atoms with Crippen molar-refractivity contribution in [1.29, 1.82) is 0 Å². The number of rotatable bonds is 5. The minimum absolute atomic E-state index is 0.238. The number of carbonyl (C=O) groups is 1. The number of hydrogen-bond acceptors (Lipinski definition) is 5. The molecule has 0 atom stereocenters. The molecular weight excluding hydrogens is 428 g/mol. The van der Waals surface area contributed by atoms with Gasteiger partial charge in [-0.15, -0.1) is 0 Å². The van der Waals surface area contributed by atoms with Crippen molar-refractivity contribution in [3.63, 3.8) is 0 Å². The normalized spacial score (nSPS) is 14.7. The van der Waals surface area contributed by atoms with Gasteiger partial charge in [0.25, 0.3) is 11.5 Å². The molecule has 1 fully saturated rings. The number of hydrogen-bond donors (Lipinski definition) is 0. The minimum Gasteiger partial charge on any atom is -0.493 e. The van der Waals surface area contributed by atoms with Crippen molar-refractivity contribution in [2.45, 2.75) is 0 Å². The number of aromatic nitrogens is 1. The van der Waals surface area contributed by atoms with Crippen LogP contribution in [0.5, 0.6) is 11.5 Å². The number of pyridine rings is 1. The van der Waals surface area contributed by atoms with E-state index in [-0.39, 0.29) is 17.2 Å². The highest BCUT2D eigenvalue weighted by atomic mass is 79.9. The first-order valence-corrected chi connectivity index (χ1v) is 9.52. The van der Waals surface area contributed by atoms with E-state index >= 15 is 0 Å². The van der Waals surface area contributed by atoms with Crippen molar-refractivity contribution in [2.75, 3.05) is 40.5 Å². The van der Waals surface area contributed by atoms with Crippen molar-refractivity contribution in [3.8, 4) is 11.5 Å². The summed E-state index contributed by atoms with van der Waals surface area (Å²) in [5.41, 5.74) is 0.665. The molecule has 0 aliphatic carbocycles. The van der Waals surface area contributed by atoms with Crippen LogP contribution in [-0.2, 0) is 9.53 Å². The third kappa shape index (κ3) is 4.45. The Kier molecular flexibility index (Phi) is 6.53. The Morgan fingerprint density at radius 2 is 1.82 bits per heavy atom. The van der Waals surface area contributed by atoms with Gasteiger partial charge in [0, 0.05) is 29.8 Å². The average molecular weight is 449 g/mol. The minimum atomic E-state index is -0.295. The second-order valence-corrected chi connectivity index (χ2v) is 7.02. The van der Waals surface area contributed by atoms with E-state index in [0.717, 1.165) is 0 Å². The van der Waals surface area contributed by atoms with Gasteiger partial charge in [-0.05, 0) is 45.8 Å². The lowest BCUT2D eigenvalue weighted by atomic mass is 10.1. The van der Waals surface area contributed by atoms with Gasteiger partial charge < -0.3 is 19.1 Å². The topological polar surface area (TPSA) is 70.0 Å². The summed E-state index contributed by atoms with van der Waals surface area (Å²) in [6.07, 6.45) is 3.26. The van der Waals surface area contributed by atoms with E-state index in [4.69, 9.17) is 14.2 Å². The third-order valence-electron chi connectivity index (χ3n) is 4.36. The van der Waals surface area contributed by atoms with E-state index in [1.807, 2.05) is 0 Å². The molecular formula is C20H21BrN2O5. The van der Waals surface area contributed by atoms with Crippen LogP contribution in [0.15, 0.2) is 45.8 Å². The van der Waals surface area contributed by atoms with Crippen LogP contribution in [0.3, 0.4) is 0 Å². The first-order valence-electron chi connectivity index (χ1n) is 8.73. The Labute approximate surface area is 171 Å². The van der Waals surface area contributed by atoms with E-state index in [9.17, 15) is 9.59 Å². The van der Waals surface area contributed by atoms with Crippen molar-refractivity contribution >= 4 is 33.6 Å². The van der Waals surface area contributed by atoms with Crippen LogP contribution in [0.4, 0.5) is 0 Å². The molecule has 7 nitrogen and oxygen atoms in total. The molecule has 0 bridgehead atoms. The van der Waals surface area contributed by atoms with Gasteiger partial charge >= 0.3 is 0 Å². The average Bonchev–Trinajstić information content (AvgIpc) is 2.73. The lowest BCUT2D eigenvalue weighted by molar-refractivity contribution is -0.129. The monoisotopic (exact) mass is 448 g/mol. The molecule has 2 heterocycles. The number of carbonyl (C=O) groups excluding carboxylic acids is 1. The van der Waals surface area contributed by atoms with Gasteiger partial charge in [-0.1, -0.05) is 6.07 Å². The molecule has 0 N–H and O–H groups in total. The maximum absolute atomic E-state index is 13.2. The summed E-state index contributed by atoms with van der Waals surface area (Å²) in [7, 11) is 3.10. The second-order valence-electron chi connectivity index (χ2n) is 6.10. The van der Waals surface area contributed by atoms with Gasteiger partial charge in [-0.3, -0.25) is 14.2 Å². The number of ether oxygens (including phenoxy) is 3. The molecule has 0 spiro atoms. The van der Waals surface area contributed by atoms with Gasteiger partial charge in [0.1, 0.15) is 5.70 Å².